The van der Waals surface area contributed by atoms with Crippen molar-refractivity contribution in [1.29, 1.82) is 0 Å². The van der Waals surface area contributed by atoms with Gasteiger partial charge < -0.3 is 0 Å². The second-order valence-electron chi connectivity index (χ2n) is 4.01. The molecular formula is C13H4ClF7. The number of hydrogen-bond donors (Lipinski definition) is 0. The monoisotopic (exact) mass is 328 g/mol. The van der Waals surface area contributed by atoms with Crippen LogP contribution in [-0.2, 0) is 0 Å². The van der Waals surface area contributed by atoms with Gasteiger partial charge in [0.15, 0.2) is 23.3 Å². The molecule has 0 aliphatic carbocycles. The lowest BCUT2D eigenvalue weighted by molar-refractivity contribution is 0.370. The third-order valence-electron chi connectivity index (χ3n) is 2.73. The van der Waals surface area contributed by atoms with Gasteiger partial charge >= 0.3 is 0 Å². The Morgan fingerprint density at radius 3 is 1.67 bits per heavy atom. The van der Waals surface area contributed by atoms with Crippen LogP contribution < -0.4 is 0 Å². The van der Waals surface area contributed by atoms with Crippen molar-refractivity contribution in [2.75, 3.05) is 0 Å². The van der Waals surface area contributed by atoms with E-state index in [0.717, 1.165) is 12.1 Å². The molecule has 0 saturated heterocycles. The van der Waals surface area contributed by atoms with Crippen LogP contribution in [-0.4, -0.2) is 0 Å². The van der Waals surface area contributed by atoms with E-state index in [2.05, 4.69) is 0 Å². The van der Waals surface area contributed by atoms with Crippen molar-refractivity contribution in [1.82, 2.24) is 0 Å². The van der Waals surface area contributed by atoms with Crippen molar-refractivity contribution in [2.45, 2.75) is 5.38 Å². The standard InChI is InChI=1S/C13H4ClF7/c14-8(5-2-1-4(15)3-6(5)16)7-9(17)11(19)13(21)12(20)10(7)18/h1-3,8H. The Labute approximate surface area is 118 Å². The van der Waals surface area contributed by atoms with E-state index < -0.39 is 57.2 Å². The maximum Gasteiger partial charge on any atom is 0.200 e. The van der Waals surface area contributed by atoms with Crippen LogP contribution in [0.1, 0.15) is 16.5 Å². The van der Waals surface area contributed by atoms with Gasteiger partial charge in [-0.15, -0.1) is 11.6 Å². The number of benzene rings is 2. The highest BCUT2D eigenvalue weighted by Crippen LogP contribution is 2.36. The molecule has 0 aliphatic rings. The molecule has 2 aromatic carbocycles. The van der Waals surface area contributed by atoms with E-state index in [1.54, 1.807) is 0 Å². The molecule has 0 saturated carbocycles. The predicted molar refractivity (Wildman–Crippen MR) is 60.3 cm³/mol. The minimum Gasteiger partial charge on any atom is -0.207 e. The van der Waals surface area contributed by atoms with Crippen LogP contribution in [0.15, 0.2) is 18.2 Å². The number of alkyl halides is 1. The smallest absolute Gasteiger partial charge is 0.200 e. The van der Waals surface area contributed by atoms with Gasteiger partial charge in [-0.05, 0) is 6.07 Å². The van der Waals surface area contributed by atoms with Crippen LogP contribution in [0.4, 0.5) is 30.7 Å². The Morgan fingerprint density at radius 2 is 1.19 bits per heavy atom. The molecule has 2 aromatic rings. The average Bonchev–Trinajstić information content (AvgIpc) is 2.43. The third-order valence-corrected chi connectivity index (χ3v) is 3.19. The van der Waals surface area contributed by atoms with E-state index in [-0.39, 0.29) is 0 Å². The fraction of sp³-hybridized carbons (Fsp3) is 0.0769. The molecule has 0 heterocycles. The summed E-state index contributed by atoms with van der Waals surface area (Å²) in [7, 11) is 0. The van der Waals surface area contributed by atoms with Gasteiger partial charge in [-0.3, -0.25) is 0 Å². The maximum absolute atomic E-state index is 13.5. The molecule has 1 atom stereocenters. The molecule has 0 N–H and O–H groups in total. The summed E-state index contributed by atoms with van der Waals surface area (Å²) in [5.74, 6) is -13.4. The Balaban J connectivity index is 2.66. The molecule has 0 aliphatic heterocycles. The molecule has 21 heavy (non-hydrogen) atoms. The van der Waals surface area contributed by atoms with E-state index in [0.29, 0.717) is 6.07 Å². The van der Waals surface area contributed by atoms with Gasteiger partial charge in [-0.25, -0.2) is 30.7 Å². The topological polar surface area (TPSA) is 0 Å². The van der Waals surface area contributed by atoms with Gasteiger partial charge in [-0.2, -0.15) is 0 Å². The molecule has 0 radical (unpaired) electrons. The first kappa shape index (κ1) is 15.6. The Morgan fingerprint density at radius 1 is 0.714 bits per heavy atom. The second kappa shape index (κ2) is 5.55. The van der Waals surface area contributed by atoms with Crippen molar-refractivity contribution in [3.63, 3.8) is 0 Å². The van der Waals surface area contributed by atoms with Crippen molar-refractivity contribution in [3.05, 3.63) is 70.0 Å². The summed E-state index contributed by atoms with van der Waals surface area (Å²) in [5, 5.41) is -2.02. The lowest BCUT2D eigenvalue weighted by atomic mass is 10.0. The molecular weight excluding hydrogens is 325 g/mol. The zero-order valence-electron chi connectivity index (χ0n) is 9.83. The molecule has 1 unspecified atom stereocenters. The fourth-order valence-corrected chi connectivity index (χ4v) is 2.08. The highest BCUT2D eigenvalue weighted by Gasteiger charge is 2.31. The summed E-state index contributed by atoms with van der Waals surface area (Å²) >= 11 is 5.60. The Kier molecular flexibility index (Phi) is 4.13. The first-order valence-corrected chi connectivity index (χ1v) is 5.79. The zero-order chi connectivity index (χ0) is 15.9. The van der Waals surface area contributed by atoms with Crippen molar-refractivity contribution in [3.8, 4) is 0 Å². The lowest BCUT2D eigenvalue weighted by Gasteiger charge is -2.14. The van der Waals surface area contributed by atoms with E-state index >= 15 is 0 Å². The first-order valence-electron chi connectivity index (χ1n) is 5.36. The lowest BCUT2D eigenvalue weighted by Crippen LogP contribution is -2.10. The van der Waals surface area contributed by atoms with Gasteiger partial charge in [0.05, 0.1) is 10.9 Å². The minimum absolute atomic E-state index is 0.372. The largest absolute Gasteiger partial charge is 0.207 e. The predicted octanol–water partition coefficient (Wildman–Crippen LogP) is 4.99. The number of halogens is 8. The van der Waals surface area contributed by atoms with Crippen LogP contribution >= 0.6 is 11.6 Å². The quantitative estimate of drug-likeness (QED) is 0.315. The molecule has 0 aromatic heterocycles. The second-order valence-corrected chi connectivity index (χ2v) is 4.45. The summed E-state index contributed by atoms with van der Waals surface area (Å²) in [6.45, 7) is 0. The summed E-state index contributed by atoms with van der Waals surface area (Å²) in [6, 6.07) is 1.86. The molecule has 112 valence electrons. The van der Waals surface area contributed by atoms with Crippen molar-refractivity contribution < 1.29 is 30.7 Å². The van der Waals surface area contributed by atoms with Crippen LogP contribution in [0.25, 0.3) is 0 Å². The van der Waals surface area contributed by atoms with Gasteiger partial charge in [0.25, 0.3) is 0 Å². The molecule has 0 amide bonds. The average molecular weight is 329 g/mol. The molecule has 0 spiro atoms. The molecule has 0 nitrogen and oxygen atoms in total. The highest BCUT2D eigenvalue weighted by molar-refractivity contribution is 6.22. The van der Waals surface area contributed by atoms with Crippen LogP contribution in [0, 0.1) is 40.7 Å². The van der Waals surface area contributed by atoms with Gasteiger partial charge in [0.2, 0.25) is 5.82 Å². The summed E-state index contributed by atoms with van der Waals surface area (Å²) < 4.78 is 92.4. The Hall–Kier alpha value is -1.76. The number of rotatable bonds is 2. The van der Waals surface area contributed by atoms with Gasteiger partial charge in [0.1, 0.15) is 11.6 Å². The minimum atomic E-state index is -2.35. The first-order chi connectivity index (χ1) is 9.75. The van der Waals surface area contributed by atoms with Crippen molar-refractivity contribution >= 4 is 11.6 Å². The third kappa shape index (κ3) is 2.57. The maximum atomic E-state index is 13.5. The molecule has 0 bridgehead atoms. The zero-order valence-corrected chi connectivity index (χ0v) is 10.6. The SMILES string of the molecule is Fc1ccc(C(Cl)c2c(F)c(F)c(F)c(F)c2F)c(F)c1. The number of hydrogen-bond acceptors (Lipinski definition) is 0. The normalized spacial score (nSPS) is 12.6. The molecule has 8 heteroatoms. The summed E-state index contributed by atoms with van der Waals surface area (Å²) in [6.07, 6.45) is 0. The molecule has 0 fully saturated rings. The van der Waals surface area contributed by atoms with E-state index in [1.165, 1.54) is 0 Å². The Bertz CT molecular complexity index is 685. The summed E-state index contributed by atoms with van der Waals surface area (Å²) in [4.78, 5) is 0. The van der Waals surface area contributed by atoms with E-state index in [1.807, 2.05) is 0 Å². The summed E-state index contributed by atoms with van der Waals surface area (Å²) in [5.41, 5.74) is -2.03. The molecule has 2 rings (SSSR count). The fourth-order valence-electron chi connectivity index (χ4n) is 1.71. The highest BCUT2D eigenvalue weighted by atomic mass is 35.5. The van der Waals surface area contributed by atoms with Crippen LogP contribution in [0.2, 0.25) is 0 Å². The van der Waals surface area contributed by atoms with E-state index in [4.69, 9.17) is 11.6 Å². The van der Waals surface area contributed by atoms with Gasteiger partial charge in [-0.1, -0.05) is 6.07 Å². The van der Waals surface area contributed by atoms with E-state index in [9.17, 15) is 30.7 Å². The van der Waals surface area contributed by atoms with Crippen LogP contribution in [0.5, 0.6) is 0 Å². The van der Waals surface area contributed by atoms with Gasteiger partial charge in [0, 0.05) is 11.6 Å². The van der Waals surface area contributed by atoms with Crippen molar-refractivity contribution in [2.24, 2.45) is 0 Å². The van der Waals surface area contributed by atoms with Crippen LogP contribution in [0.3, 0.4) is 0 Å².